The van der Waals surface area contributed by atoms with E-state index >= 15 is 0 Å². The van der Waals surface area contributed by atoms with Crippen molar-refractivity contribution >= 4 is 17.7 Å². The number of ether oxygens (including phenoxy) is 1. The zero-order chi connectivity index (χ0) is 25.8. The van der Waals surface area contributed by atoms with Gasteiger partial charge in [-0.1, -0.05) is 19.9 Å². The molecule has 0 spiro atoms. The number of hydrogen-bond donors (Lipinski definition) is 3. The first-order valence-corrected chi connectivity index (χ1v) is 11.6. The molecule has 9 heteroatoms. The van der Waals surface area contributed by atoms with Crippen LogP contribution in [-0.2, 0) is 7.05 Å². The highest BCUT2D eigenvalue weighted by Gasteiger charge is 2.13. The van der Waals surface area contributed by atoms with Crippen LogP contribution in [-0.4, -0.2) is 41.7 Å². The number of urea groups is 1. The first kappa shape index (κ1) is 27.1. The van der Waals surface area contributed by atoms with Gasteiger partial charge in [0.1, 0.15) is 5.75 Å². The Morgan fingerprint density at radius 1 is 1.09 bits per heavy atom. The van der Waals surface area contributed by atoms with Gasteiger partial charge in [0.15, 0.2) is 0 Å². The van der Waals surface area contributed by atoms with Gasteiger partial charge in [0.2, 0.25) is 5.96 Å². The molecule has 3 aromatic rings. The summed E-state index contributed by atoms with van der Waals surface area (Å²) in [5, 5.41) is 8.53. The molecule has 2 aromatic heterocycles. The molecule has 0 aliphatic heterocycles. The monoisotopic (exact) mass is 478 g/mol. The van der Waals surface area contributed by atoms with E-state index in [0.29, 0.717) is 30.3 Å². The maximum Gasteiger partial charge on any atom is 0.321 e. The molecule has 1 aromatic carbocycles. The smallest absolute Gasteiger partial charge is 0.321 e. The standard InChI is InChI=1S/C24H28N6O3.C2H6/c1-5-26-24(32)29-23(25-3)28-20-8-7-16(17-10-12-30(4)22(31)14-17)13-19(20)21-15-18(33-6-2)9-11-27-21;1-2/h7-15H,5-6H2,1-4H3,(H3,25,26,28,29,32);1-2H3. The summed E-state index contributed by atoms with van der Waals surface area (Å²) in [6, 6.07) is 12.4. The Morgan fingerprint density at radius 3 is 2.49 bits per heavy atom. The fourth-order valence-electron chi connectivity index (χ4n) is 3.17. The van der Waals surface area contributed by atoms with Crippen LogP contribution < -0.4 is 26.2 Å². The summed E-state index contributed by atoms with van der Waals surface area (Å²) >= 11 is 0. The lowest BCUT2D eigenvalue weighted by Gasteiger charge is -2.16. The molecule has 0 aliphatic carbocycles. The lowest BCUT2D eigenvalue weighted by atomic mass is 10.00. The number of hydrogen-bond acceptors (Lipinski definition) is 5. The van der Waals surface area contributed by atoms with Gasteiger partial charge < -0.3 is 19.9 Å². The summed E-state index contributed by atoms with van der Waals surface area (Å²) in [6.45, 7) is 8.78. The molecular formula is C26H34N6O3. The zero-order valence-electron chi connectivity index (χ0n) is 21.2. The van der Waals surface area contributed by atoms with E-state index in [1.165, 1.54) is 4.57 Å². The minimum absolute atomic E-state index is 0.0979. The van der Waals surface area contributed by atoms with Crippen LogP contribution in [0, 0.1) is 0 Å². The van der Waals surface area contributed by atoms with Gasteiger partial charge in [0.25, 0.3) is 5.56 Å². The van der Waals surface area contributed by atoms with Crippen LogP contribution in [0.25, 0.3) is 22.4 Å². The number of aryl methyl sites for hydroxylation is 1. The van der Waals surface area contributed by atoms with Crippen molar-refractivity contribution in [2.24, 2.45) is 12.0 Å². The third kappa shape index (κ3) is 7.43. The first-order valence-electron chi connectivity index (χ1n) is 11.6. The van der Waals surface area contributed by atoms with Crippen molar-refractivity contribution in [3.8, 4) is 28.1 Å². The van der Waals surface area contributed by atoms with Crippen LogP contribution in [0.4, 0.5) is 10.5 Å². The third-order valence-corrected chi connectivity index (χ3v) is 4.82. The second-order valence-corrected chi connectivity index (χ2v) is 7.12. The average molecular weight is 479 g/mol. The molecule has 35 heavy (non-hydrogen) atoms. The lowest BCUT2D eigenvalue weighted by Crippen LogP contribution is -2.42. The van der Waals surface area contributed by atoms with Crippen molar-refractivity contribution in [3.63, 3.8) is 0 Å². The van der Waals surface area contributed by atoms with E-state index in [2.05, 4.69) is 25.9 Å². The quantitative estimate of drug-likeness (QED) is 0.362. The molecule has 9 nitrogen and oxygen atoms in total. The Morgan fingerprint density at radius 2 is 1.83 bits per heavy atom. The van der Waals surface area contributed by atoms with Crippen LogP contribution >= 0.6 is 0 Å². The number of nitrogens with zero attached hydrogens (tertiary/aromatic N) is 3. The molecule has 0 saturated heterocycles. The van der Waals surface area contributed by atoms with Crippen molar-refractivity contribution in [1.29, 1.82) is 0 Å². The maximum atomic E-state index is 12.2. The minimum atomic E-state index is -0.361. The normalized spacial score (nSPS) is 10.6. The Kier molecular flexibility index (Phi) is 10.5. The number of benzene rings is 1. The molecule has 0 aliphatic rings. The predicted octanol–water partition coefficient (Wildman–Crippen LogP) is 4.26. The number of carbonyl (C=O) groups excluding carboxylic acids is 1. The summed E-state index contributed by atoms with van der Waals surface area (Å²) < 4.78 is 7.16. The van der Waals surface area contributed by atoms with E-state index in [4.69, 9.17) is 4.74 Å². The highest BCUT2D eigenvalue weighted by atomic mass is 16.5. The molecule has 2 heterocycles. The molecule has 0 unspecified atom stereocenters. The largest absolute Gasteiger partial charge is 0.494 e. The number of guanidine groups is 1. The number of carbonyl (C=O) groups is 1. The second kappa shape index (κ2) is 13.5. The van der Waals surface area contributed by atoms with Gasteiger partial charge in [-0.2, -0.15) is 0 Å². The number of aliphatic imine (C=N–C) groups is 1. The van der Waals surface area contributed by atoms with Crippen molar-refractivity contribution in [1.82, 2.24) is 20.2 Å². The number of anilines is 1. The molecule has 2 amide bonds. The van der Waals surface area contributed by atoms with Gasteiger partial charge in [0.05, 0.1) is 18.0 Å². The molecule has 0 bridgehead atoms. The Labute approximate surface area is 206 Å². The van der Waals surface area contributed by atoms with Gasteiger partial charge in [-0.15, -0.1) is 0 Å². The van der Waals surface area contributed by atoms with Gasteiger partial charge in [0, 0.05) is 50.7 Å². The minimum Gasteiger partial charge on any atom is -0.494 e. The number of pyridine rings is 2. The Bertz CT molecular complexity index is 1220. The number of nitrogens with one attached hydrogen (secondary N) is 3. The summed E-state index contributed by atoms with van der Waals surface area (Å²) in [4.78, 5) is 32.8. The number of amides is 2. The number of rotatable bonds is 6. The highest BCUT2D eigenvalue weighted by Crippen LogP contribution is 2.33. The van der Waals surface area contributed by atoms with E-state index in [0.717, 1.165) is 16.7 Å². The van der Waals surface area contributed by atoms with Gasteiger partial charge in [-0.05, 0) is 49.2 Å². The molecule has 0 atom stereocenters. The summed E-state index contributed by atoms with van der Waals surface area (Å²) in [5.41, 5.74) is 3.65. The van der Waals surface area contributed by atoms with Crippen LogP contribution in [0.3, 0.4) is 0 Å². The Hall–Kier alpha value is -4.14. The lowest BCUT2D eigenvalue weighted by molar-refractivity contribution is 0.246. The van der Waals surface area contributed by atoms with Crippen LogP contribution in [0.5, 0.6) is 5.75 Å². The summed E-state index contributed by atoms with van der Waals surface area (Å²) in [7, 11) is 3.29. The molecule has 186 valence electrons. The fraction of sp³-hybridized carbons (Fsp3) is 0.308. The average Bonchev–Trinajstić information content (AvgIpc) is 2.87. The SMILES string of the molecule is CC.CCNC(=O)NC(=NC)Nc1ccc(-c2ccn(C)c(=O)c2)cc1-c1cc(OCC)ccn1. The molecule has 0 radical (unpaired) electrons. The highest BCUT2D eigenvalue weighted by molar-refractivity contribution is 6.05. The van der Waals surface area contributed by atoms with E-state index in [9.17, 15) is 9.59 Å². The summed E-state index contributed by atoms with van der Waals surface area (Å²) in [5.74, 6) is 0.974. The van der Waals surface area contributed by atoms with Crippen molar-refractivity contribution in [2.45, 2.75) is 27.7 Å². The topological polar surface area (TPSA) is 110 Å². The van der Waals surface area contributed by atoms with Gasteiger partial charge >= 0.3 is 6.03 Å². The molecule has 0 saturated carbocycles. The van der Waals surface area contributed by atoms with E-state index in [-0.39, 0.29) is 17.5 Å². The van der Waals surface area contributed by atoms with E-state index in [1.54, 1.807) is 38.6 Å². The second-order valence-electron chi connectivity index (χ2n) is 7.12. The summed E-state index contributed by atoms with van der Waals surface area (Å²) in [6.07, 6.45) is 3.41. The molecule has 3 N–H and O–H groups in total. The van der Waals surface area contributed by atoms with Crippen molar-refractivity contribution in [3.05, 3.63) is 65.2 Å². The zero-order valence-corrected chi connectivity index (χ0v) is 21.2. The van der Waals surface area contributed by atoms with Crippen LogP contribution in [0.15, 0.2) is 64.6 Å². The first-order chi connectivity index (χ1) is 16.9. The fourth-order valence-corrected chi connectivity index (χ4v) is 3.17. The van der Waals surface area contributed by atoms with Crippen LogP contribution in [0.2, 0.25) is 0 Å². The molecule has 0 fully saturated rings. The van der Waals surface area contributed by atoms with Crippen molar-refractivity contribution < 1.29 is 9.53 Å². The van der Waals surface area contributed by atoms with Crippen molar-refractivity contribution in [2.75, 3.05) is 25.5 Å². The van der Waals surface area contributed by atoms with Gasteiger partial charge in [-0.25, -0.2) is 4.79 Å². The third-order valence-electron chi connectivity index (χ3n) is 4.82. The molecular weight excluding hydrogens is 444 g/mol. The van der Waals surface area contributed by atoms with Crippen LogP contribution in [0.1, 0.15) is 27.7 Å². The van der Waals surface area contributed by atoms with E-state index < -0.39 is 0 Å². The number of aromatic nitrogens is 2. The van der Waals surface area contributed by atoms with Gasteiger partial charge in [-0.3, -0.25) is 20.1 Å². The molecule has 3 rings (SSSR count). The van der Waals surface area contributed by atoms with E-state index in [1.807, 2.05) is 58.0 Å². The predicted molar refractivity (Wildman–Crippen MR) is 142 cm³/mol. The Balaban J connectivity index is 0.00000210. The maximum absolute atomic E-state index is 12.2.